The van der Waals surface area contributed by atoms with Crippen molar-refractivity contribution >= 4 is 12.1 Å². The van der Waals surface area contributed by atoms with Gasteiger partial charge in [-0.2, -0.15) is 0 Å². The van der Waals surface area contributed by atoms with Crippen LogP contribution in [0.2, 0.25) is 0 Å². The van der Waals surface area contributed by atoms with Gasteiger partial charge in [-0.1, -0.05) is 0 Å². The van der Waals surface area contributed by atoms with E-state index in [1.807, 2.05) is 0 Å². The fourth-order valence-electron chi connectivity index (χ4n) is 1.78. The zero-order valence-corrected chi connectivity index (χ0v) is 7.95. The number of hydrogen-bond donors (Lipinski definition) is 4. The molecule has 0 aromatic carbocycles. The smallest absolute Gasteiger partial charge is 0.312 e. The van der Waals surface area contributed by atoms with E-state index in [1.165, 1.54) is 0 Å². The maximum atomic E-state index is 10.5. The highest BCUT2D eigenvalue weighted by Crippen LogP contribution is 2.18. The molecule has 1 rings (SSSR count). The zero-order chi connectivity index (χ0) is 10.6. The summed E-state index contributed by atoms with van der Waals surface area (Å²) < 4.78 is 0. The van der Waals surface area contributed by atoms with Crippen molar-refractivity contribution in [2.45, 2.75) is 37.8 Å². The third-order valence-electron chi connectivity index (χ3n) is 2.42. The standard InChI is InChI=1S/C8H16N4O2/c9-7(13)11-5-1-2-6(4-3-5)12-8(10)14/h5-6H,1-4H2,(H3,9,11,13)(H3,10,12,14). The lowest BCUT2D eigenvalue weighted by Gasteiger charge is -2.28. The SMILES string of the molecule is NC(=O)NC1CCC(NC(N)=O)CC1. The van der Waals surface area contributed by atoms with Crippen molar-refractivity contribution in [1.82, 2.24) is 10.6 Å². The summed E-state index contributed by atoms with van der Waals surface area (Å²) in [6.07, 6.45) is 3.31. The number of nitrogens with two attached hydrogens (primary N) is 2. The molecule has 6 heteroatoms. The van der Waals surface area contributed by atoms with Crippen LogP contribution in [-0.2, 0) is 0 Å². The molecule has 1 fully saturated rings. The van der Waals surface area contributed by atoms with E-state index < -0.39 is 12.1 Å². The molecule has 0 aromatic rings. The van der Waals surface area contributed by atoms with Crippen molar-refractivity contribution in [2.24, 2.45) is 11.5 Å². The van der Waals surface area contributed by atoms with Gasteiger partial charge in [-0.25, -0.2) is 9.59 Å². The molecule has 0 aromatic heterocycles. The molecule has 6 N–H and O–H groups in total. The predicted molar refractivity (Wildman–Crippen MR) is 51.5 cm³/mol. The molecule has 1 saturated carbocycles. The summed E-state index contributed by atoms with van der Waals surface area (Å²) in [5.41, 5.74) is 10.00. The Morgan fingerprint density at radius 3 is 1.36 bits per heavy atom. The Morgan fingerprint density at radius 1 is 0.857 bits per heavy atom. The lowest BCUT2D eigenvalue weighted by molar-refractivity contribution is 0.229. The van der Waals surface area contributed by atoms with Crippen molar-refractivity contribution in [3.8, 4) is 0 Å². The van der Waals surface area contributed by atoms with Gasteiger partial charge in [-0.3, -0.25) is 0 Å². The molecule has 1 aliphatic rings. The van der Waals surface area contributed by atoms with Crippen molar-refractivity contribution < 1.29 is 9.59 Å². The Bertz CT molecular complexity index is 199. The van der Waals surface area contributed by atoms with E-state index in [0.717, 1.165) is 25.7 Å². The van der Waals surface area contributed by atoms with E-state index in [-0.39, 0.29) is 12.1 Å². The van der Waals surface area contributed by atoms with Gasteiger partial charge in [0.2, 0.25) is 0 Å². The van der Waals surface area contributed by atoms with Gasteiger partial charge < -0.3 is 22.1 Å². The predicted octanol–water partition coefficient (Wildman–Crippen LogP) is -0.366. The Hall–Kier alpha value is -1.46. The molecule has 80 valence electrons. The molecular weight excluding hydrogens is 184 g/mol. The van der Waals surface area contributed by atoms with Crippen LogP contribution in [0.25, 0.3) is 0 Å². The average Bonchev–Trinajstić information content (AvgIpc) is 2.06. The number of primary amides is 2. The topological polar surface area (TPSA) is 110 Å². The summed E-state index contributed by atoms with van der Waals surface area (Å²) in [5.74, 6) is 0. The minimum Gasteiger partial charge on any atom is -0.352 e. The fourth-order valence-corrected chi connectivity index (χ4v) is 1.78. The minimum atomic E-state index is -0.490. The second-order valence-electron chi connectivity index (χ2n) is 3.57. The van der Waals surface area contributed by atoms with Crippen molar-refractivity contribution in [3.05, 3.63) is 0 Å². The van der Waals surface area contributed by atoms with Gasteiger partial charge in [-0.05, 0) is 25.7 Å². The summed E-state index contributed by atoms with van der Waals surface area (Å²) in [5, 5.41) is 5.30. The van der Waals surface area contributed by atoms with Crippen molar-refractivity contribution in [3.63, 3.8) is 0 Å². The highest BCUT2D eigenvalue weighted by molar-refractivity contribution is 5.72. The van der Waals surface area contributed by atoms with Gasteiger partial charge in [-0.15, -0.1) is 0 Å². The summed E-state index contributed by atoms with van der Waals surface area (Å²) in [6, 6.07) is -0.704. The van der Waals surface area contributed by atoms with Gasteiger partial charge in [0.15, 0.2) is 0 Å². The van der Waals surface area contributed by atoms with E-state index in [1.54, 1.807) is 0 Å². The van der Waals surface area contributed by atoms with Crippen LogP contribution < -0.4 is 22.1 Å². The minimum absolute atomic E-state index is 0.137. The van der Waals surface area contributed by atoms with Crippen LogP contribution in [0.1, 0.15) is 25.7 Å². The Kier molecular flexibility index (Phi) is 3.55. The highest BCUT2D eigenvalue weighted by atomic mass is 16.2. The molecule has 0 radical (unpaired) electrons. The number of carbonyl (C=O) groups is 2. The number of nitrogens with one attached hydrogen (secondary N) is 2. The van der Waals surface area contributed by atoms with Crippen LogP contribution >= 0.6 is 0 Å². The first-order valence-corrected chi connectivity index (χ1v) is 4.70. The number of urea groups is 2. The molecule has 0 spiro atoms. The summed E-state index contributed by atoms with van der Waals surface area (Å²) in [7, 11) is 0. The molecule has 1 aliphatic carbocycles. The van der Waals surface area contributed by atoms with Crippen LogP contribution in [0.4, 0.5) is 9.59 Å². The maximum absolute atomic E-state index is 10.5. The van der Waals surface area contributed by atoms with Crippen LogP contribution in [0.3, 0.4) is 0 Å². The number of carbonyl (C=O) groups excluding carboxylic acids is 2. The second kappa shape index (κ2) is 4.69. The van der Waals surface area contributed by atoms with Crippen LogP contribution in [0, 0.1) is 0 Å². The number of rotatable bonds is 2. The summed E-state index contributed by atoms with van der Waals surface area (Å²) in [6.45, 7) is 0. The van der Waals surface area contributed by atoms with Gasteiger partial charge in [0.25, 0.3) is 0 Å². The lowest BCUT2D eigenvalue weighted by Crippen LogP contribution is -2.46. The average molecular weight is 200 g/mol. The van der Waals surface area contributed by atoms with E-state index in [4.69, 9.17) is 11.5 Å². The van der Waals surface area contributed by atoms with Crippen molar-refractivity contribution in [1.29, 1.82) is 0 Å². The first-order chi connectivity index (χ1) is 6.58. The van der Waals surface area contributed by atoms with E-state index in [2.05, 4.69) is 10.6 Å². The third-order valence-corrected chi connectivity index (χ3v) is 2.42. The lowest BCUT2D eigenvalue weighted by atomic mass is 9.91. The molecule has 0 heterocycles. The Labute approximate surface area is 82.4 Å². The number of hydrogen-bond acceptors (Lipinski definition) is 2. The molecular formula is C8H16N4O2. The molecule has 0 aliphatic heterocycles. The quantitative estimate of drug-likeness (QED) is 0.488. The van der Waals surface area contributed by atoms with E-state index in [0.29, 0.717) is 0 Å². The van der Waals surface area contributed by atoms with Gasteiger partial charge >= 0.3 is 12.1 Å². The van der Waals surface area contributed by atoms with Crippen LogP contribution in [-0.4, -0.2) is 24.1 Å². The van der Waals surface area contributed by atoms with Gasteiger partial charge in [0.05, 0.1) is 0 Å². The zero-order valence-electron chi connectivity index (χ0n) is 7.95. The Morgan fingerprint density at radius 2 is 1.14 bits per heavy atom. The largest absolute Gasteiger partial charge is 0.352 e. The summed E-state index contributed by atoms with van der Waals surface area (Å²) >= 11 is 0. The molecule has 0 unspecified atom stereocenters. The highest BCUT2D eigenvalue weighted by Gasteiger charge is 2.22. The molecule has 4 amide bonds. The van der Waals surface area contributed by atoms with Gasteiger partial charge in [0, 0.05) is 12.1 Å². The second-order valence-corrected chi connectivity index (χ2v) is 3.57. The van der Waals surface area contributed by atoms with Crippen LogP contribution in [0.5, 0.6) is 0 Å². The first-order valence-electron chi connectivity index (χ1n) is 4.70. The molecule has 0 atom stereocenters. The van der Waals surface area contributed by atoms with Crippen molar-refractivity contribution in [2.75, 3.05) is 0 Å². The van der Waals surface area contributed by atoms with E-state index >= 15 is 0 Å². The van der Waals surface area contributed by atoms with Crippen LogP contribution in [0.15, 0.2) is 0 Å². The molecule has 14 heavy (non-hydrogen) atoms. The molecule has 6 nitrogen and oxygen atoms in total. The Balaban J connectivity index is 2.24. The molecule has 0 saturated heterocycles. The maximum Gasteiger partial charge on any atom is 0.312 e. The third kappa shape index (κ3) is 3.51. The molecule has 0 bridgehead atoms. The van der Waals surface area contributed by atoms with E-state index in [9.17, 15) is 9.59 Å². The summed E-state index contributed by atoms with van der Waals surface area (Å²) in [4.78, 5) is 21.1. The normalized spacial score (nSPS) is 26.6. The monoisotopic (exact) mass is 200 g/mol. The first kappa shape index (κ1) is 10.6. The van der Waals surface area contributed by atoms with Gasteiger partial charge in [0.1, 0.15) is 0 Å². The number of amides is 4. The fraction of sp³-hybridized carbons (Fsp3) is 0.750.